The monoisotopic (exact) mass is 229 g/mol. The number of benzene rings is 1. The first-order chi connectivity index (χ1) is 7.06. The van der Waals surface area contributed by atoms with Crippen molar-refractivity contribution in [2.75, 3.05) is 12.3 Å². The minimum absolute atomic E-state index is 0.0185. The van der Waals surface area contributed by atoms with Gasteiger partial charge >= 0.3 is 0 Å². The molecule has 15 heavy (non-hydrogen) atoms. The lowest BCUT2D eigenvalue weighted by atomic mass is 10.4. The first kappa shape index (κ1) is 11.6. The van der Waals surface area contributed by atoms with E-state index in [1.165, 1.54) is 18.2 Å². The highest BCUT2D eigenvalue weighted by molar-refractivity contribution is 7.91. The Morgan fingerprint density at radius 2 is 1.87 bits per heavy atom. The van der Waals surface area contributed by atoms with E-state index in [9.17, 15) is 17.6 Å². The summed E-state index contributed by atoms with van der Waals surface area (Å²) in [6, 6.07) is 4.48. The quantitative estimate of drug-likeness (QED) is 0.438. The minimum Gasteiger partial charge on any atom is -0.224 e. The molecule has 0 aliphatic rings. The second kappa shape index (κ2) is 4.82. The van der Waals surface area contributed by atoms with E-state index in [4.69, 9.17) is 0 Å². The summed E-state index contributed by atoms with van der Waals surface area (Å²) in [4.78, 5) is 12.9. The zero-order chi connectivity index (χ0) is 11.3. The third kappa shape index (κ3) is 3.27. The summed E-state index contributed by atoms with van der Waals surface area (Å²) in [5.41, 5.74) is 0. The van der Waals surface area contributed by atoms with E-state index >= 15 is 0 Å². The van der Waals surface area contributed by atoms with Gasteiger partial charge in [-0.05, 0) is 24.3 Å². The predicted octanol–water partition coefficient (Wildman–Crippen LogP) is 0.935. The molecule has 0 spiro atoms. The number of carbonyl (C=O) groups excluding carboxylic acids is 1. The van der Waals surface area contributed by atoms with Crippen molar-refractivity contribution in [1.29, 1.82) is 0 Å². The summed E-state index contributed by atoms with van der Waals surface area (Å²) >= 11 is 0. The van der Waals surface area contributed by atoms with E-state index in [2.05, 4.69) is 4.99 Å². The van der Waals surface area contributed by atoms with Crippen molar-refractivity contribution in [1.82, 2.24) is 0 Å². The molecule has 1 aromatic rings. The molecule has 4 nitrogen and oxygen atoms in total. The maximum atomic E-state index is 12.5. The SMILES string of the molecule is O=C=NCCS(=O)(=O)c1ccc(F)cc1. The minimum atomic E-state index is -3.49. The van der Waals surface area contributed by atoms with Gasteiger partial charge in [-0.1, -0.05) is 0 Å². The lowest BCUT2D eigenvalue weighted by molar-refractivity contribution is 0.563. The normalized spacial score (nSPS) is 10.7. The van der Waals surface area contributed by atoms with Crippen molar-refractivity contribution in [3.8, 4) is 0 Å². The predicted molar refractivity (Wildman–Crippen MR) is 51.4 cm³/mol. The van der Waals surface area contributed by atoms with Gasteiger partial charge in [0, 0.05) is 0 Å². The molecule has 0 atom stereocenters. The van der Waals surface area contributed by atoms with Crippen molar-refractivity contribution in [3.05, 3.63) is 30.1 Å². The number of hydrogen-bond acceptors (Lipinski definition) is 4. The molecular weight excluding hydrogens is 221 g/mol. The van der Waals surface area contributed by atoms with Gasteiger partial charge in [0.15, 0.2) is 9.84 Å². The van der Waals surface area contributed by atoms with Gasteiger partial charge in [-0.15, -0.1) is 0 Å². The first-order valence-corrected chi connectivity index (χ1v) is 5.73. The Labute approximate surface area is 86.4 Å². The van der Waals surface area contributed by atoms with Crippen LogP contribution in [0.1, 0.15) is 0 Å². The van der Waals surface area contributed by atoms with Crippen LogP contribution < -0.4 is 0 Å². The Balaban J connectivity index is 2.86. The van der Waals surface area contributed by atoms with Crippen LogP contribution in [0.5, 0.6) is 0 Å². The number of sulfone groups is 1. The molecule has 6 heteroatoms. The van der Waals surface area contributed by atoms with E-state index in [-0.39, 0.29) is 17.2 Å². The van der Waals surface area contributed by atoms with Gasteiger partial charge < -0.3 is 0 Å². The highest BCUT2D eigenvalue weighted by Gasteiger charge is 2.13. The lowest BCUT2D eigenvalue weighted by Gasteiger charge is -2.01. The fourth-order valence-electron chi connectivity index (χ4n) is 0.971. The summed E-state index contributed by atoms with van der Waals surface area (Å²) in [7, 11) is -3.49. The highest BCUT2D eigenvalue weighted by atomic mass is 32.2. The molecule has 0 fully saturated rings. The number of halogens is 1. The Kier molecular flexibility index (Phi) is 3.71. The smallest absolute Gasteiger partial charge is 0.224 e. The lowest BCUT2D eigenvalue weighted by Crippen LogP contribution is -2.09. The number of isocyanates is 1. The fraction of sp³-hybridized carbons (Fsp3) is 0.222. The van der Waals surface area contributed by atoms with Crippen molar-refractivity contribution >= 4 is 15.9 Å². The van der Waals surface area contributed by atoms with Crippen LogP contribution in [-0.4, -0.2) is 26.8 Å². The third-order valence-corrected chi connectivity index (χ3v) is 3.42. The Morgan fingerprint density at radius 1 is 1.27 bits per heavy atom. The molecule has 0 N–H and O–H groups in total. The number of nitrogens with zero attached hydrogens (tertiary/aromatic N) is 1. The molecule has 0 saturated heterocycles. The third-order valence-electron chi connectivity index (χ3n) is 1.71. The molecule has 0 aromatic heterocycles. The Hall–Kier alpha value is -1.52. The molecule has 1 aromatic carbocycles. The van der Waals surface area contributed by atoms with E-state index in [0.29, 0.717) is 0 Å². The van der Waals surface area contributed by atoms with Crippen LogP contribution in [0.3, 0.4) is 0 Å². The largest absolute Gasteiger partial charge is 0.234 e. The average Bonchev–Trinajstić information content (AvgIpc) is 2.18. The number of hydrogen-bond donors (Lipinski definition) is 0. The molecule has 0 radical (unpaired) electrons. The van der Waals surface area contributed by atoms with Crippen molar-refractivity contribution in [3.63, 3.8) is 0 Å². The van der Waals surface area contributed by atoms with Gasteiger partial charge in [0.25, 0.3) is 0 Å². The topological polar surface area (TPSA) is 63.6 Å². The van der Waals surface area contributed by atoms with Crippen LogP contribution in [0.2, 0.25) is 0 Å². The number of rotatable bonds is 4. The van der Waals surface area contributed by atoms with Crippen molar-refractivity contribution in [2.45, 2.75) is 4.90 Å². The van der Waals surface area contributed by atoms with Crippen LogP contribution in [0, 0.1) is 5.82 Å². The summed E-state index contributed by atoms with van der Waals surface area (Å²) in [6.07, 6.45) is 1.25. The van der Waals surface area contributed by atoms with Gasteiger partial charge in [-0.3, -0.25) is 0 Å². The van der Waals surface area contributed by atoms with Gasteiger partial charge in [0.2, 0.25) is 6.08 Å². The summed E-state index contributed by atoms with van der Waals surface area (Å²) < 4.78 is 35.5. The summed E-state index contributed by atoms with van der Waals surface area (Å²) in [5.74, 6) is -0.784. The van der Waals surface area contributed by atoms with Crippen LogP contribution in [0.15, 0.2) is 34.2 Å². The van der Waals surface area contributed by atoms with E-state index < -0.39 is 15.7 Å². The molecule has 0 amide bonds. The van der Waals surface area contributed by atoms with E-state index in [1.54, 1.807) is 0 Å². The fourth-order valence-corrected chi connectivity index (χ4v) is 2.09. The molecule has 80 valence electrons. The van der Waals surface area contributed by atoms with Gasteiger partial charge in [0.1, 0.15) is 5.82 Å². The van der Waals surface area contributed by atoms with Crippen LogP contribution in [-0.2, 0) is 14.6 Å². The summed E-state index contributed by atoms with van der Waals surface area (Å²) in [5, 5.41) is 0. The molecule has 0 saturated carbocycles. The second-order valence-corrected chi connectivity index (χ2v) is 4.85. The molecule has 0 bridgehead atoms. The maximum Gasteiger partial charge on any atom is 0.234 e. The van der Waals surface area contributed by atoms with Crippen molar-refractivity contribution < 1.29 is 17.6 Å². The first-order valence-electron chi connectivity index (χ1n) is 4.08. The second-order valence-electron chi connectivity index (χ2n) is 2.75. The van der Waals surface area contributed by atoms with Gasteiger partial charge in [-0.25, -0.2) is 22.6 Å². The maximum absolute atomic E-state index is 12.5. The molecule has 0 aliphatic carbocycles. The average molecular weight is 229 g/mol. The standard InChI is InChI=1S/C9H8FNO3S/c10-8-1-3-9(4-2-8)15(13,14)6-5-11-7-12/h1-4H,5-6H2. The molecule has 0 unspecified atom stereocenters. The number of aliphatic imine (C=N–C) groups is 1. The van der Waals surface area contributed by atoms with Gasteiger partial charge in [-0.2, -0.15) is 0 Å². The zero-order valence-electron chi connectivity index (χ0n) is 7.68. The van der Waals surface area contributed by atoms with Crippen molar-refractivity contribution in [2.24, 2.45) is 4.99 Å². The molecular formula is C9H8FNO3S. The summed E-state index contributed by atoms with van der Waals surface area (Å²) in [6.45, 7) is -0.136. The molecule has 0 heterocycles. The van der Waals surface area contributed by atoms with Crippen LogP contribution in [0.25, 0.3) is 0 Å². The van der Waals surface area contributed by atoms with Gasteiger partial charge in [0.05, 0.1) is 17.2 Å². The zero-order valence-corrected chi connectivity index (χ0v) is 8.50. The molecule has 0 aliphatic heterocycles. The molecule has 1 rings (SSSR count). The van der Waals surface area contributed by atoms with E-state index in [1.807, 2.05) is 0 Å². The highest BCUT2D eigenvalue weighted by Crippen LogP contribution is 2.11. The van der Waals surface area contributed by atoms with Crippen LogP contribution in [0.4, 0.5) is 4.39 Å². The Bertz CT molecular complexity index is 475. The Morgan fingerprint density at radius 3 is 2.40 bits per heavy atom. The van der Waals surface area contributed by atoms with E-state index in [0.717, 1.165) is 12.1 Å². The van der Waals surface area contributed by atoms with Crippen LogP contribution >= 0.6 is 0 Å².